The number of azide groups is 1. The normalized spacial score (nSPS) is 11.5. The van der Waals surface area contributed by atoms with Gasteiger partial charge in [0.1, 0.15) is 12.7 Å². The second-order valence-corrected chi connectivity index (χ2v) is 7.95. The Hall–Kier alpha value is -1.75. The molecule has 0 saturated carbocycles. The largest absolute Gasteiger partial charge is 0.462 e. The second kappa shape index (κ2) is 21.9. The quantitative estimate of drug-likeness (QED) is 0.0647. The van der Waals surface area contributed by atoms with Crippen molar-refractivity contribution in [3.63, 3.8) is 0 Å². The van der Waals surface area contributed by atoms with Crippen molar-refractivity contribution in [1.29, 1.82) is 0 Å². The van der Waals surface area contributed by atoms with E-state index in [1.54, 1.807) is 0 Å². The molecule has 0 saturated heterocycles. The summed E-state index contributed by atoms with van der Waals surface area (Å²) in [6, 6.07) is 0. The third-order valence-corrected chi connectivity index (χ3v) is 5.05. The van der Waals surface area contributed by atoms with Crippen molar-refractivity contribution in [2.45, 2.75) is 123 Å². The summed E-state index contributed by atoms with van der Waals surface area (Å²) in [6.45, 7) is 4.30. The molecule has 0 aromatic rings. The summed E-state index contributed by atoms with van der Waals surface area (Å²) in [6.07, 6.45) is 15.8. The molecule has 1 unspecified atom stereocenters. The molecule has 0 aliphatic rings. The molecular weight excluding hydrogens is 382 g/mol. The van der Waals surface area contributed by atoms with Crippen LogP contribution in [-0.4, -0.2) is 31.2 Å². The molecule has 0 bridgehead atoms. The minimum Gasteiger partial charge on any atom is -0.462 e. The van der Waals surface area contributed by atoms with Crippen molar-refractivity contribution in [2.24, 2.45) is 5.11 Å². The number of unbranched alkanes of at least 4 members (excludes halogenated alkanes) is 12. The Kier molecular flexibility index (Phi) is 20.7. The maximum absolute atomic E-state index is 12.0. The molecule has 0 aliphatic heterocycles. The first kappa shape index (κ1) is 28.2. The summed E-state index contributed by atoms with van der Waals surface area (Å²) in [5.41, 5.74) is 8.52. The number of nitrogens with zero attached hydrogens (tertiary/aromatic N) is 3. The van der Waals surface area contributed by atoms with Gasteiger partial charge in [0.2, 0.25) is 0 Å². The number of ether oxygens (including phenoxy) is 2. The lowest BCUT2D eigenvalue weighted by Crippen LogP contribution is -2.27. The lowest BCUT2D eigenvalue weighted by Gasteiger charge is -2.16. The summed E-state index contributed by atoms with van der Waals surface area (Å²) in [5, 5.41) is 3.46. The van der Waals surface area contributed by atoms with Crippen LogP contribution in [0.5, 0.6) is 0 Å². The first-order valence-electron chi connectivity index (χ1n) is 12.0. The third kappa shape index (κ3) is 19.6. The van der Waals surface area contributed by atoms with Crippen LogP contribution in [-0.2, 0) is 19.1 Å². The molecule has 0 amide bonds. The molecule has 0 radical (unpaired) electrons. The highest BCUT2D eigenvalue weighted by Gasteiger charge is 2.16. The highest BCUT2D eigenvalue weighted by molar-refractivity contribution is 5.70. The van der Waals surface area contributed by atoms with E-state index in [1.165, 1.54) is 51.4 Å². The summed E-state index contributed by atoms with van der Waals surface area (Å²) in [5.74, 6) is -0.623. The predicted octanol–water partition coefficient (Wildman–Crippen LogP) is 7.03. The molecule has 0 aromatic carbocycles. The van der Waals surface area contributed by atoms with Gasteiger partial charge in [-0.25, -0.2) is 0 Å². The van der Waals surface area contributed by atoms with Crippen molar-refractivity contribution >= 4 is 11.9 Å². The van der Waals surface area contributed by atoms with Gasteiger partial charge < -0.3 is 9.47 Å². The lowest BCUT2D eigenvalue weighted by atomic mass is 10.1. The van der Waals surface area contributed by atoms with Crippen LogP contribution in [0, 0.1) is 0 Å². The van der Waals surface area contributed by atoms with Crippen LogP contribution in [0.4, 0.5) is 0 Å². The van der Waals surface area contributed by atoms with E-state index < -0.39 is 6.10 Å². The van der Waals surface area contributed by atoms with Crippen molar-refractivity contribution in [3.05, 3.63) is 10.4 Å². The minimum atomic E-state index is -0.712. The van der Waals surface area contributed by atoms with E-state index in [-0.39, 0.29) is 25.1 Å². The average Bonchev–Trinajstić information content (AvgIpc) is 2.74. The molecule has 0 heterocycles. The van der Waals surface area contributed by atoms with Crippen LogP contribution in [0.1, 0.15) is 117 Å². The van der Waals surface area contributed by atoms with E-state index >= 15 is 0 Å². The van der Waals surface area contributed by atoms with Gasteiger partial charge in [0.25, 0.3) is 0 Å². The van der Waals surface area contributed by atoms with Crippen molar-refractivity contribution in [1.82, 2.24) is 0 Å². The molecule has 30 heavy (non-hydrogen) atoms. The molecule has 0 spiro atoms. The lowest BCUT2D eigenvalue weighted by molar-refractivity contribution is -0.158. The standard InChI is InChI=1S/C23H43N3O4/c1-3-5-7-9-11-13-15-17-22(27)29-20-21(19-25-26-24)30-23(28)18-16-14-12-10-8-6-4-2/h21H,3-20H2,1-2H3. The van der Waals surface area contributed by atoms with Gasteiger partial charge in [-0.15, -0.1) is 0 Å². The maximum atomic E-state index is 12.0. The van der Waals surface area contributed by atoms with Gasteiger partial charge in [-0.3, -0.25) is 9.59 Å². The molecule has 1 atom stereocenters. The average molecular weight is 426 g/mol. The first-order valence-corrected chi connectivity index (χ1v) is 12.0. The van der Waals surface area contributed by atoms with E-state index in [4.69, 9.17) is 15.0 Å². The van der Waals surface area contributed by atoms with Gasteiger partial charge >= 0.3 is 11.9 Å². The number of carbonyl (C=O) groups is 2. The summed E-state index contributed by atoms with van der Waals surface area (Å²) in [7, 11) is 0. The number of rotatable bonds is 21. The Morgan fingerprint density at radius 1 is 0.767 bits per heavy atom. The van der Waals surface area contributed by atoms with Crippen LogP contribution in [0.3, 0.4) is 0 Å². The van der Waals surface area contributed by atoms with Gasteiger partial charge in [-0.1, -0.05) is 96.0 Å². The molecule has 7 nitrogen and oxygen atoms in total. The van der Waals surface area contributed by atoms with Gasteiger partial charge in [0, 0.05) is 17.8 Å². The van der Waals surface area contributed by atoms with Crippen molar-refractivity contribution in [2.75, 3.05) is 13.2 Å². The molecule has 0 fully saturated rings. The molecule has 0 aliphatic carbocycles. The Morgan fingerprint density at radius 2 is 1.23 bits per heavy atom. The number of carbonyl (C=O) groups excluding carboxylic acids is 2. The summed E-state index contributed by atoms with van der Waals surface area (Å²) < 4.78 is 10.6. The van der Waals surface area contributed by atoms with Crippen molar-refractivity contribution in [3.8, 4) is 0 Å². The van der Waals surface area contributed by atoms with Crippen LogP contribution in [0.2, 0.25) is 0 Å². The first-order chi connectivity index (χ1) is 14.6. The summed E-state index contributed by atoms with van der Waals surface area (Å²) >= 11 is 0. The zero-order valence-corrected chi connectivity index (χ0v) is 19.3. The van der Waals surface area contributed by atoms with E-state index in [0.29, 0.717) is 12.8 Å². The molecule has 0 N–H and O–H groups in total. The Morgan fingerprint density at radius 3 is 1.73 bits per heavy atom. The maximum Gasteiger partial charge on any atom is 0.306 e. The van der Waals surface area contributed by atoms with E-state index in [1.807, 2.05) is 0 Å². The Balaban J connectivity index is 3.96. The van der Waals surface area contributed by atoms with Gasteiger partial charge in [-0.05, 0) is 18.4 Å². The minimum absolute atomic E-state index is 0.0238. The van der Waals surface area contributed by atoms with Crippen molar-refractivity contribution < 1.29 is 19.1 Å². The van der Waals surface area contributed by atoms with Gasteiger partial charge in [0.15, 0.2) is 0 Å². The molecule has 174 valence electrons. The smallest absolute Gasteiger partial charge is 0.306 e. The fraction of sp³-hybridized carbons (Fsp3) is 0.913. The highest BCUT2D eigenvalue weighted by Crippen LogP contribution is 2.11. The van der Waals surface area contributed by atoms with E-state index in [0.717, 1.165) is 38.5 Å². The molecular formula is C23H43N3O4. The van der Waals surface area contributed by atoms with Crippen LogP contribution in [0.25, 0.3) is 10.4 Å². The highest BCUT2D eigenvalue weighted by atomic mass is 16.6. The number of hydrogen-bond acceptors (Lipinski definition) is 5. The summed E-state index contributed by atoms with van der Waals surface area (Å²) in [4.78, 5) is 26.6. The zero-order valence-electron chi connectivity index (χ0n) is 19.3. The molecule has 0 rings (SSSR count). The van der Waals surface area contributed by atoms with Gasteiger partial charge in [0.05, 0.1) is 6.54 Å². The Bertz CT molecular complexity index is 479. The van der Waals surface area contributed by atoms with Crippen LogP contribution >= 0.6 is 0 Å². The third-order valence-electron chi connectivity index (χ3n) is 5.05. The van der Waals surface area contributed by atoms with E-state index in [9.17, 15) is 9.59 Å². The van der Waals surface area contributed by atoms with E-state index in [2.05, 4.69) is 23.9 Å². The van der Waals surface area contributed by atoms with Crippen LogP contribution in [0.15, 0.2) is 5.11 Å². The second-order valence-electron chi connectivity index (χ2n) is 7.95. The monoisotopic (exact) mass is 425 g/mol. The molecule has 7 heteroatoms. The topological polar surface area (TPSA) is 101 Å². The Labute approximate surface area is 182 Å². The van der Waals surface area contributed by atoms with Gasteiger partial charge in [-0.2, -0.15) is 0 Å². The fourth-order valence-electron chi connectivity index (χ4n) is 3.21. The zero-order chi connectivity index (χ0) is 22.3. The fourth-order valence-corrected chi connectivity index (χ4v) is 3.21. The van der Waals surface area contributed by atoms with Crippen LogP contribution < -0.4 is 0 Å². The number of esters is 2. The predicted molar refractivity (Wildman–Crippen MR) is 120 cm³/mol. The number of hydrogen-bond donors (Lipinski definition) is 0. The SMILES string of the molecule is CCCCCCCCCC(=O)OCC(CN=[N+]=[N-])OC(=O)CCCCCCCCC. The molecule has 0 aromatic heterocycles.